The number of carbonyl (C=O) groups is 1. The highest BCUT2D eigenvalue weighted by Gasteiger charge is 2.19. The second-order valence-electron chi connectivity index (χ2n) is 4.71. The zero-order valence-corrected chi connectivity index (χ0v) is 11.9. The van der Waals surface area contributed by atoms with Crippen LogP contribution in [-0.4, -0.2) is 38.1 Å². The van der Waals surface area contributed by atoms with Crippen LogP contribution in [0.3, 0.4) is 0 Å². The predicted molar refractivity (Wildman–Crippen MR) is 73.8 cm³/mol. The monoisotopic (exact) mass is 263 g/mol. The highest BCUT2D eigenvalue weighted by Crippen LogP contribution is 2.32. The lowest BCUT2D eigenvalue weighted by atomic mass is 10.0. The number of nitrogens with zero attached hydrogens (tertiary/aromatic N) is 1. The molecule has 1 heterocycles. The van der Waals surface area contributed by atoms with Gasteiger partial charge in [0.05, 0.1) is 14.2 Å². The van der Waals surface area contributed by atoms with Gasteiger partial charge >= 0.3 is 0 Å². The molecule has 0 bridgehead atoms. The number of carbonyl (C=O) groups excluding carboxylic acids is 1. The van der Waals surface area contributed by atoms with Gasteiger partial charge in [-0.1, -0.05) is 6.92 Å². The van der Waals surface area contributed by atoms with Gasteiger partial charge < -0.3 is 14.4 Å². The van der Waals surface area contributed by atoms with E-state index in [1.54, 1.807) is 14.2 Å². The summed E-state index contributed by atoms with van der Waals surface area (Å²) in [5.74, 6) is 1.75. The Kier molecular flexibility index (Phi) is 4.30. The number of hydrogen-bond acceptors (Lipinski definition) is 3. The molecule has 4 nitrogen and oxygen atoms in total. The summed E-state index contributed by atoms with van der Waals surface area (Å²) in [6, 6.07) is 4.07. The van der Waals surface area contributed by atoms with Gasteiger partial charge in [-0.15, -0.1) is 0 Å². The fraction of sp³-hybridized carbons (Fsp3) is 0.533. The second kappa shape index (κ2) is 5.95. The minimum atomic E-state index is 0.228. The maximum Gasteiger partial charge on any atom is 0.222 e. The van der Waals surface area contributed by atoms with Crippen LogP contribution in [0, 0.1) is 0 Å². The van der Waals surface area contributed by atoms with Gasteiger partial charge in [-0.25, -0.2) is 0 Å². The molecular formula is C15H21NO3. The molecule has 0 N–H and O–H groups in total. The second-order valence-corrected chi connectivity index (χ2v) is 4.71. The lowest BCUT2D eigenvalue weighted by Gasteiger charge is -2.19. The number of ether oxygens (including phenoxy) is 2. The summed E-state index contributed by atoms with van der Waals surface area (Å²) < 4.78 is 10.7. The van der Waals surface area contributed by atoms with E-state index in [9.17, 15) is 4.79 Å². The lowest BCUT2D eigenvalue weighted by Crippen LogP contribution is -2.32. The van der Waals surface area contributed by atoms with Gasteiger partial charge in [0.25, 0.3) is 0 Å². The number of methoxy groups -OCH3 is 2. The molecule has 1 amide bonds. The molecule has 0 aliphatic carbocycles. The number of fused-ring (bicyclic) bond motifs is 1. The van der Waals surface area contributed by atoms with Crippen LogP contribution in [0.1, 0.15) is 24.5 Å². The van der Waals surface area contributed by atoms with E-state index in [1.165, 1.54) is 11.1 Å². The quantitative estimate of drug-likeness (QED) is 0.837. The number of hydrogen-bond donors (Lipinski definition) is 0. The Morgan fingerprint density at radius 3 is 1.95 bits per heavy atom. The molecule has 104 valence electrons. The normalized spacial score (nSPS) is 14.6. The van der Waals surface area contributed by atoms with Crippen LogP contribution in [0.2, 0.25) is 0 Å². The number of benzene rings is 1. The van der Waals surface area contributed by atoms with Gasteiger partial charge in [0.15, 0.2) is 11.5 Å². The third-order valence-corrected chi connectivity index (χ3v) is 3.66. The average Bonchev–Trinajstić information content (AvgIpc) is 2.66. The van der Waals surface area contributed by atoms with Crippen LogP contribution >= 0.6 is 0 Å². The Balaban J connectivity index is 2.25. The first-order valence-corrected chi connectivity index (χ1v) is 6.71. The van der Waals surface area contributed by atoms with Crippen molar-refractivity contribution in [1.82, 2.24) is 4.90 Å². The Labute approximate surface area is 114 Å². The van der Waals surface area contributed by atoms with Crippen molar-refractivity contribution in [3.63, 3.8) is 0 Å². The third kappa shape index (κ3) is 2.83. The van der Waals surface area contributed by atoms with Crippen molar-refractivity contribution >= 4 is 5.91 Å². The number of rotatable bonds is 3. The van der Waals surface area contributed by atoms with Crippen molar-refractivity contribution in [2.75, 3.05) is 27.3 Å². The van der Waals surface area contributed by atoms with Crippen molar-refractivity contribution < 1.29 is 14.3 Å². The van der Waals surface area contributed by atoms with Gasteiger partial charge in [0.1, 0.15) is 0 Å². The van der Waals surface area contributed by atoms with Gasteiger partial charge in [0.2, 0.25) is 5.91 Å². The first kappa shape index (κ1) is 13.7. The standard InChI is InChI=1S/C15H21NO3/c1-4-15(17)16-7-5-11-9-13(18-2)14(19-3)10-12(11)6-8-16/h9-10H,4-8H2,1-3H3. The molecule has 0 unspecified atom stereocenters. The van der Waals surface area contributed by atoms with Crippen molar-refractivity contribution in [1.29, 1.82) is 0 Å². The molecule has 1 aliphatic heterocycles. The Hall–Kier alpha value is -1.71. The molecule has 0 aromatic heterocycles. The summed E-state index contributed by atoms with van der Waals surface area (Å²) in [5, 5.41) is 0. The topological polar surface area (TPSA) is 38.8 Å². The minimum Gasteiger partial charge on any atom is -0.493 e. The molecule has 1 aromatic carbocycles. The molecule has 1 aromatic rings. The van der Waals surface area contributed by atoms with Crippen molar-refractivity contribution in [2.45, 2.75) is 26.2 Å². The van der Waals surface area contributed by atoms with Crippen LogP contribution in [0.25, 0.3) is 0 Å². The van der Waals surface area contributed by atoms with Crippen LogP contribution in [-0.2, 0) is 17.6 Å². The van der Waals surface area contributed by atoms with E-state index in [4.69, 9.17) is 9.47 Å². The summed E-state index contributed by atoms with van der Waals surface area (Å²) >= 11 is 0. The van der Waals surface area contributed by atoms with E-state index in [2.05, 4.69) is 0 Å². The maximum absolute atomic E-state index is 11.8. The van der Waals surface area contributed by atoms with Gasteiger partial charge in [-0.2, -0.15) is 0 Å². The Morgan fingerprint density at radius 1 is 1.11 bits per heavy atom. The maximum atomic E-state index is 11.8. The fourth-order valence-electron chi connectivity index (χ4n) is 2.52. The highest BCUT2D eigenvalue weighted by molar-refractivity contribution is 5.76. The molecule has 4 heteroatoms. The van der Waals surface area contributed by atoms with Crippen LogP contribution in [0.15, 0.2) is 12.1 Å². The van der Waals surface area contributed by atoms with Gasteiger partial charge in [-0.3, -0.25) is 4.79 Å². The molecule has 0 saturated carbocycles. The molecule has 0 atom stereocenters. The molecule has 2 rings (SSSR count). The van der Waals surface area contributed by atoms with E-state index in [0.29, 0.717) is 6.42 Å². The van der Waals surface area contributed by atoms with E-state index in [1.807, 2.05) is 24.0 Å². The summed E-state index contributed by atoms with van der Waals surface area (Å²) in [7, 11) is 3.29. The smallest absolute Gasteiger partial charge is 0.222 e. The van der Waals surface area contributed by atoms with Crippen molar-refractivity contribution in [2.24, 2.45) is 0 Å². The van der Waals surface area contributed by atoms with Crippen LogP contribution < -0.4 is 9.47 Å². The highest BCUT2D eigenvalue weighted by atomic mass is 16.5. The summed E-state index contributed by atoms with van der Waals surface area (Å²) in [6.45, 7) is 3.48. The summed E-state index contributed by atoms with van der Waals surface area (Å²) in [5.41, 5.74) is 2.51. The third-order valence-electron chi connectivity index (χ3n) is 3.66. The van der Waals surface area contributed by atoms with E-state index < -0.39 is 0 Å². The fourth-order valence-corrected chi connectivity index (χ4v) is 2.52. The molecule has 0 radical (unpaired) electrons. The predicted octanol–water partition coefficient (Wildman–Crippen LogP) is 2.04. The molecule has 1 aliphatic rings. The zero-order valence-electron chi connectivity index (χ0n) is 11.9. The Bertz CT molecular complexity index is 436. The van der Waals surface area contributed by atoms with Crippen molar-refractivity contribution in [3.8, 4) is 11.5 Å². The van der Waals surface area contributed by atoms with Crippen LogP contribution in [0.4, 0.5) is 0 Å². The molecule has 19 heavy (non-hydrogen) atoms. The van der Waals surface area contributed by atoms with E-state index in [0.717, 1.165) is 37.4 Å². The Morgan fingerprint density at radius 2 is 1.58 bits per heavy atom. The van der Waals surface area contributed by atoms with Crippen molar-refractivity contribution in [3.05, 3.63) is 23.3 Å². The van der Waals surface area contributed by atoms with E-state index >= 15 is 0 Å². The largest absolute Gasteiger partial charge is 0.493 e. The molecule has 0 saturated heterocycles. The summed E-state index contributed by atoms with van der Waals surface area (Å²) in [4.78, 5) is 13.7. The molecule has 0 fully saturated rings. The first-order chi connectivity index (χ1) is 9.19. The summed E-state index contributed by atoms with van der Waals surface area (Å²) in [6.07, 6.45) is 2.33. The van der Waals surface area contributed by atoms with Gasteiger partial charge in [-0.05, 0) is 36.1 Å². The SMILES string of the molecule is CCC(=O)N1CCc2cc(OC)c(OC)cc2CC1. The number of amides is 1. The molecular weight excluding hydrogens is 242 g/mol. The average molecular weight is 263 g/mol. The zero-order chi connectivity index (χ0) is 13.8. The molecule has 0 spiro atoms. The minimum absolute atomic E-state index is 0.228. The van der Waals surface area contributed by atoms with E-state index in [-0.39, 0.29) is 5.91 Å². The van der Waals surface area contributed by atoms with Crippen LogP contribution in [0.5, 0.6) is 11.5 Å². The van der Waals surface area contributed by atoms with Gasteiger partial charge in [0, 0.05) is 19.5 Å². The lowest BCUT2D eigenvalue weighted by molar-refractivity contribution is -0.130. The first-order valence-electron chi connectivity index (χ1n) is 6.71.